The van der Waals surface area contributed by atoms with Crippen LogP contribution in [0.2, 0.25) is 0 Å². The summed E-state index contributed by atoms with van der Waals surface area (Å²) in [6, 6.07) is 8.31. The van der Waals surface area contributed by atoms with Crippen molar-refractivity contribution in [3.8, 4) is 28.7 Å². The maximum absolute atomic E-state index is 11.6. The Labute approximate surface area is 181 Å². The zero-order valence-corrected chi connectivity index (χ0v) is 17.9. The number of likely N-dealkylation sites (N-methyl/N-ethyl adjacent to an activating group) is 1. The highest BCUT2D eigenvalue weighted by atomic mass is 16.7. The molecule has 9 heteroatoms. The van der Waals surface area contributed by atoms with E-state index in [-0.39, 0.29) is 24.8 Å². The topological polar surface area (TPSA) is 110 Å². The fourth-order valence-electron chi connectivity index (χ4n) is 3.31. The van der Waals surface area contributed by atoms with Gasteiger partial charge in [-0.2, -0.15) is 0 Å². The number of carbonyl (C=O) groups is 1. The third-order valence-electron chi connectivity index (χ3n) is 4.90. The fourth-order valence-corrected chi connectivity index (χ4v) is 3.31. The van der Waals surface area contributed by atoms with E-state index in [9.17, 15) is 15.0 Å². The average Bonchev–Trinajstić information content (AvgIpc) is 2.78. The molecule has 0 saturated heterocycles. The lowest BCUT2D eigenvalue weighted by molar-refractivity contribution is -0.116. The molecule has 31 heavy (non-hydrogen) atoms. The molecule has 0 saturated carbocycles. The molecule has 1 aliphatic rings. The van der Waals surface area contributed by atoms with E-state index >= 15 is 0 Å². The van der Waals surface area contributed by atoms with E-state index in [1.807, 2.05) is 6.92 Å². The van der Waals surface area contributed by atoms with Gasteiger partial charge in [0.25, 0.3) is 0 Å². The summed E-state index contributed by atoms with van der Waals surface area (Å²) in [5.74, 6) is 2.07. The molecule has 0 aliphatic carbocycles. The van der Waals surface area contributed by atoms with Crippen LogP contribution in [0.3, 0.4) is 0 Å². The number of hydroxylamine groups is 2. The van der Waals surface area contributed by atoms with Crippen molar-refractivity contribution in [2.75, 3.05) is 39.2 Å². The number of methoxy groups -OCH3 is 2. The molecule has 1 amide bonds. The lowest BCUT2D eigenvalue weighted by atomic mass is 10.0. The monoisotopic (exact) mass is 432 g/mol. The van der Waals surface area contributed by atoms with Crippen LogP contribution in [0.25, 0.3) is 0 Å². The van der Waals surface area contributed by atoms with Crippen molar-refractivity contribution in [1.29, 1.82) is 0 Å². The number of hydrogen-bond acceptors (Lipinski definition) is 8. The van der Waals surface area contributed by atoms with E-state index in [0.717, 1.165) is 5.56 Å². The van der Waals surface area contributed by atoms with Gasteiger partial charge in [0, 0.05) is 24.6 Å². The first kappa shape index (κ1) is 22.5. The van der Waals surface area contributed by atoms with Gasteiger partial charge >= 0.3 is 0 Å². The van der Waals surface area contributed by atoms with Gasteiger partial charge in [-0.15, -0.1) is 5.06 Å². The Bertz CT molecular complexity index is 919. The minimum Gasteiger partial charge on any atom is -0.506 e. The molecule has 0 bridgehead atoms. The molecular formula is C22H28N2O7. The SMILES string of the molecule is CCN(CC(O)COc1ccc(O)c2c1CCC(=O)N2)Oc1ccc(OC)c(OC)c1. The summed E-state index contributed by atoms with van der Waals surface area (Å²) in [6.07, 6.45) is -0.0504. The van der Waals surface area contributed by atoms with Crippen molar-refractivity contribution in [3.05, 3.63) is 35.9 Å². The Balaban J connectivity index is 1.59. The standard InChI is InChI=1S/C22H28N2O7/c1-4-24(31-15-5-8-19(28-2)20(11-15)29-3)12-14(25)13-30-18-9-7-17(26)22-16(18)6-10-21(27)23-22/h5,7-9,11,14,25-26H,4,6,10,12-13H2,1-3H3,(H,23,27). The number of rotatable bonds is 10. The number of carbonyl (C=O) groups excluding carboxylic acids is 1. The largest absolute Gasteiger partial charge is 0.506 e. The van der Waals surface area contributed by atoms with Crippen LogP contribution in [0.1, 0.15) is 18.9 Å². The van der Waals surface area contributed by atoms with Crippen LogP contribution < -0.4 is 24.4 Å². The summed E-state index contributed by atoms with van der Waals surface area (Å²) in [5, 5.41) is 24.7. The number of aliphatic hydroxyl groups is 1. The number of benzene rings is 2. The van der Waals surface area contributed by atoms with Crippen LogP contribution in [0.5, 0.6) is 28.7 Å². The van der Waals surface area contributed by atoms with Gasteiger partial charge in [-0.1, -0.05) is 0 Å². The third kappa shape index (κ3) is 5.50. The first-order valence-electron chi connectivity index (χ1n) is 10.1. The zero-order valence-electron chi connectivity index (χ0n) is 17.9. The molecule has 0 spiro atoms. The second-order valence-electron chi connectivity index (χ2n) is 7.04. The Morgan fingerprint density at radius 2 is 1.84 bits per heavy atom. The first-order chi connectivity index (χ1) is 14.9. The maximum atomic E-state index is 11.6. The summed E-state index contributed by atoms with van der Waals surface area (Å²) in [5.41, 5.74) is 1.09. The molecule has 168 valence electrons. The van der Waals surface area contributed by atoms with Crippen LogP contribution >= 0.6 is 0 Å². The molecule has 0 radical (unpaired) electrons. The molecule has 0 fully saturated rings. The van der Waals surface area contributed by atoms with Crippen molar-refractivity contribution in [2.45, 2.75) is 25.9 Å². The molecule has 1 atom stereocenters. The summed E-state index contributed by atoms with van der Waals surface area (Å²) in [4.78, 5) is 17.4. The van der Waals surface area contributed by atoms with Gasteiger partial charge in [0.2, 0.25) is 5.91 Å². The van der Waals surface area contributed by atoms with Crippen LogP contribution in [-0.4, -0.2) is 61.2 Å². The second kappa shape index (κ2) is 10.2. The average molecular weight is 432 g/mol. The number of nitrogens with zero attached hydrogens (tertiary/aromatic N) is 1. The number of hydrogen-bond donors (Lipinski definition) is 3. The number of phenolic OH excluding ortho intramolecular Hbond substituents is 1. The Hall–Kier alpha value is -3.17. The summed E-state index contributed by atoms with van der Waals surface area (Å²) in [6.45, 7) is 2.68. The van der Waals surface area contributed by atoms with Gasteiger partial charge in [-0.3, -0.25) is 4.79 Å². The van der Waals surface area contributed by atoms with Crippen LogP contribution in [0.4, 0.5) is 5.69 Å². The smallest absolute Gasteiger partial charge is 0.224 e. The lowest BCUT2D eigenvalue weighted by Crippen LogP contribution is -2.37. The highest BCUT2D eigenvalue weighted by molar-refractivity contribution is 5.96. The van der Waals surface area contributed by atoms with E-state index in [1.165, 1.54) is 6.07 Å². The summed E-state index contributed by atoms with van der Waals surface area (Å²) < 4.78 is 16.3. The van der Waals surface area contributed by atoms with Crippen molar-refractivity contribution < 1.29 is 34.1 Å². The molecule has 1 heterocycles. The molecule has 3 rings (SSSR count). The molecule has 2 aromatic carbocycles. The lowest BCUT2D eigenvalue weighted by Gasteiger charge is -2.25. The van der Waals surface area contributed by atoms with Gasteiger partial charge in [0.1, 0.15) is 24.2 Å². The number of ether oxygens (including phenoxy) is 3. The van der Waals surface area contributed by atoms with Crippen LogP contribution in [0, 0.1) is 0 Å². The summed E-state index contributed by atoms with van der Waals surface area (Å²) >= 11 is 0. The molecule has 2 aromatic rings. The van der Waals surface area contributed by atoms with E-state index in [0.29, 0.717) is 48.1 Å². The quantitative estimate of drug-likeness (QED) is 0.388. The molecular weight excluding hydrogens is 404 g/mol. The van der Waals surface area contributed by atoms with Gasteiger partial charge in [-0.05, 0) is 37.6 Å². The summed E-state index contributed by atoms with van der Waals surface area (Å²) in [7, 11) is 3.11. The molecule has 1 unspecified atom stereocenters. The Morgan fingerprint density at radius 1 is 1.10 bits per heavy atom. The zero-order chi connectivity index (χ0) is 22.4. The van der Waals surface area contributed by atoms with Crippen molar-refractivity contribution >= 4 is 11.6 Å². The van der Waals surface area contributed by atoms with Crippen molar-refractivity contribution in [3.63, 3.8) is 0 Å². The highest BCUT2D eigenvalue weighted by Gasteiger charge is 2.22. The first-order valence-corrected chi connectivity index (χ1v) is 10.1. The van der Waals surface area contributed by atoms with E-state index in [1.54, 1.807) is 43.5 Å². The molecule has 0 aromatic heterocycles. The van der Waals surface area contributed by atoms with E-state index < -0.39 is 6.10 Å². The number of anilines is 1. The maximum Gasteiger partial charge on any atom is 0.224 e. The van der Waals surface area contributed by atoms with E-state index in [2.05, 4.69) is 5.32 Å². The van der Waals surface area contributed by atoms with Crippen molar-refractivity contribution in [2.24, 2.45) is 0 Å². The van der Waals surface area contributed by atoms with Crippen LogP contribution in [0.15, 0.2) is 30.3 Å². The van der Waals surface area contributed by atoms with Gasteiger partial charge in [0.15, 0.2) is 17.2 Å². The highest BCUT2D eigenvalue weighted by Crippen LogP contribution is 2.38. The van der Waals surface area contributed by atoms with Crippen molar-refractivity contribution in [1.82, 2.24) is 5.06 Å². The number of aromatic hydroxyl groups is 1. The molecule has 3 N–H and O–H groups in total. The minimum atomic E-state index is -0.831. The predicted octanol–water partition coefficient (Wildman–Crippen LogP) is 2.35. The number of amides is 1. The number of fused-ring (bicyclic) bond motifs is 1. The third-order valence-corrected chi connectivity index (χ3v) is 4.90. The van der Waals surface area contributed by atoms with E-state index in [4.69, 9.17) is 19.0 Å². The van der Waals surface area contributed by atoms with Gasteiger partial charge in [0.05, 0.1) is 26.5 Å². The van der Waals surface area contributed by atoms with Gasteiger partial charge in [-0.25, -0.2) is 0 Å². The number of phenols is 1. The fraction of sp³-hybridized carbons (Fsp3) is 0.409. The molecule has 9 nitrogen and oxygen atoms in total. The minimum absolute atomic E-state index is 0.00331. The second-order valence-corrected chi connectivity index (χ2v) is 7.04. The normalized spacial score (nSPS) is 13.9. The molecule has 1 aliphatic heterocycles. The Kier molecular flexibility index (Phi) is 7.43. The number of nitrogens with one attached hydrogen (secondary N) is 1. The van der Waals surface area contributed by atoms with Gasteiger partial charge < -0.3 is 34.6 Å². The predicted molar refractivity (Wildman–Crippen MR) is 114 cm³/mol. The van der Waals surface area contributed by atoms with Crippen LogP contribution in [-0.2, 0) is 11.2 Å². The Morgan fingerprint density at radius 3 is 2.55 bits per heavy atom. The number of aliphatic hydroxyl groups excluding tert-OH is 1.